The third kappa shape index (κ3) is 4.57. The molecule has 1 aromatic carbocycles. The molecule has 1 heterocycles. The number of hydrogen-bond acceptors (Lipinski definition) is 2. The van der Waals surface area contributed by atoms with Crippen molar-refractivity contribution in [3.63, 3.8) is 0 Å². The van der Waals surface area contributed by atoms with E-state index >= 15 is 0 Å². The largest absolute Gasteiger partial charge is 0.326 e. The number of aryl methyl sites for hydroxylation is 1. The van der Waals surface area contributed by atoms with Crippen molar-refractivity contribution in [3.05, 3.63) is 46.1 Å². The van der Waals surface area contributed by atoms with Gasteiger partial charge in [0.15, 0.2) is 0 Å². The summed E-state index contributed by atoms with van der Waals surface area (Å²) < 4.78 is 57.7. The van der Waals surface area contributed by atoms with Crippen LogP contribution >= 0.6 is 0 Å². The van der Waals surface area contributed by atoms with E-state index in [2.05, 4.69) is 10.6 Å². The van der Waals surface area contributed by atoms with Gasteiger partial charge in [0.1, 0.15) is 0 Å². The quantitative estimate of drug-likeness (QED) is 0.498. The van der Waals surface area contributed by atoms with Crippen LogP contribution in [0.5, 0.6) is 0 Å². The molecule has 1 aromatic rings. The monoisotopic (exact) mass is 468 g/mol. The minimum Gasteiger partial charge on any atom is -0.326 e. The van der Waals surface area contributed by atoms with Crippen LogP contribution in [0.15, 0.2) is 29.4 Å². The Hall–Kier alpha value is -2.64. The molecule has 3 aliphatic rings. The summed E-state index contributed by atoms with van der Waals surface area (Å²) in [5.41, 5.74) is 2.54. The maximum Gasteiger partial charge on any atom is 0.256 e. The Kier molecular flexibility index (Phi) is 5.91. The molecule has 0 bridgehead atoms. The second-order valence-electron chi connectivity index (χ2n) is 9.70. The van der Waals surface area contributed by atoms with Crippen LogP contribution in [0.1, 0.15) is 59.6 Å². The summed E-state index contributed by atoms with van der Waals surface area (Å²) in [6.07, 6.45) is 2.91. The fourth-order valence-electron chi connectivity index (χ4n) is 4.78. The molecule has 2 N–H and O–H groups in total. The van der Waals surface area contributed by atoms with Gasteiger partial charge in [-0.05, 0) is 47.1 Å². The molecule has 0 radical (unpaired) electrons. The molecule has 1 unspecified atom stereocenters. The van der Waals surface area contributed by atoms with E-state index in [4.69, 9.17) is 0 Å². The highest BCUT2D eigenvalue weighted by molar-refractivity contribution is 6.07. The fourth-order valence-corrected chi connectivity index (χ4v) is 4.78. The molecule has 4 nitrogen and oxygen atoms in total. The summed E-state index contributed by atoms with van der Waals surface area (Å²) >= 11 is 0. The van der Waals surface area contributed by atoms with Crippen LogP contribution < -0.4 is 10.6 Å². The van der Waals surface area contributed by atoms with E-state index in [9.17, 15) is 27.2 Å². The number of amides is 2. The standard InChI is InChI=1S/C25H28F4N2O2.2H2/c1-13(2)25(28,29)12-17-14(3)5-4-6-16(17)23(33)30-20-9-15-7-8-21(32)31-22(15)19-11-24(26,27)10-18(19)20;;/h4,6,9,13-14H,5,7-8,10-12H2,1-3H3,(H,30,33)(H,31,32);2*1H. The Bertz CT molecular complexity index is 1080. The molecule has 0 aromatic heterocycles. The first-order valence-electron chi connectivity index (χ1n) is 11.3. The zero-order valence-electron chi connectivity index (χ0n) is 19.0. The first-order chi connectivity index (χ1) is 15.4. The molecule has 0 fully saturated rings. The van der Waals surface area contributed by atoms with E-state index in [0.717, 1.165) is 0 Å². The smallest absolute Gasteiger partial charge is 0.256 e. The maximum atomic E-state index is 14.5. The zero-order valence-corrected chi connectivity index (χ0v) is 19.0. The Morgan fingerprint density at radius 3 is 2.67 bits per heavy atom. The van der Waals surface area contributed by atoms with Crippen LogP contribution in [0.4, 0.5) is 28.9 Å². The predicted molar refractivity (Wildman–Crippen MR) is 123 cm³/mol. The van der Waals surface area contributed by atoms with Gasteiger partial charge in [-0.1, -0.05) is 32.9 Å². The van der Waals surface area contributed by atoms with Crippen molar-refractivity contribution < 1.29 is 30.0 Å². The van der Waals surface area contributed by atoms with Crippen molar-refractivity contribution in [3.8, 4) is 0 Å². The Morgan fingerprint density at radius 1 is 1.27 bits per heavy atom. The summed E-state index contributed by atoms with van der Waals surface area (Å²) in [6, 6.07) is 1.63. The third-order valence-electron chi connectivity index (χ3n) is 6.87. The molecule has 8 heteroatoms. The number of anilines is 2. The number of halogens is 4. The average Bonchev–Trinajstić information content (AvgIpc) is 3.05. The highest BCUT2D eigenvalue weighted by Crippen LogP contribution is 2.45. The van der Waals surface area contributed by atoms with Gasteiger partial charge in [-0.2, -0.15) is 0 Å². The van der Waals surface area contributed by atoms with E-state index in [1.54, 1.807) is 18.2 Å². The second kappa shape index (κ2) is 8.29. The van der Waals surface area contributed by atoms with E-state index in [1.807, 2.05) is 6.92 Å². The number of carbonyl (C=O) groups is 2. The number of benzene rings is 1. The van der Waals surface area contributed by atoms with E-state index in [1.165, 1.54) is 13.8 Å². The molecule has 2 amide bonds. The van der Waals surface area contributed by atoms with Crippen molar-refractivity contribution in [2.24, 2.45) is 11.8 Å². The van der Waals surface area contributed by atoms with Crippen LogP contribution in [0.2, 0.25) is 0 Å². The topological polar surface area (TPSA) is 58.2 Å². The summed E-state index contributed by atoms with van der Waals surface area (Å²) in [5.74, 6) is -7.86. The van der Waals surface area contributed by atoms with Crippen molar-refractivity contribution in [1.29, 1.82) is 0 Å². The van der Waals surface area contributed by atoms with Crippen molar-refractivity contribution in [2.45, 2.75) is 71.1 Å². The van der Waals surface area contributed by atoms with Gasteiger partial charge in [-0.3, -0.25) is 9.59 Å². The number of nitrogens with one attached hydrogen (secondary N) is 2. The van der Waals surface area contributed by atoms with Crippen molar-refractivity contribution in [2.75, 3.05) is 10.6 Å². The molecule has 4 rings (SSSR count). The summed E-state index contributed by atoms with van der Waals surface area (Å²) in [5, 5.41) is 5.44. The second-order valence-corrected chi connectivity index (χ2v) is 9.70. The number of allylic oxidation sites excluding steroid dienone is 2. The van der Waals surface area contributed by atoms with Gasteiger partial charge >= 0.3 is 0 Å². The van der Waals surface area contributed by atoms with E-state index < -0.39 is 42.9 Å². The van der Waals surface area contributed by atoms with Crippen molar-refractivity contribution >= 4 is 23.2 Å². The fraction of sp³-hybridized carbons (Fsp3) is 0.520. The van der Waals surface area contributed by atoms with Gasteiger partial charge in [0.05, 0.1) is 0 Å². The molecular formula is C25H32F4N2O2. The molecule has 2 aliphatic carbocycles. The molecule has 0 saturated heterocycles. The van der Waals surface area contributed by atoms with Crippen LogP contribution in [0, 0.1) is 11.8 Å². The lowest BCUT2D eigenvalue weighted by Crippen LogP contribution is -2.28. The lowest BCUT2D eigenvalue weighted by molar-refractivity contribution is -0.116. The third-order valence-corrected chi connectivity index (χ3v) is 6.87. The molecule has 1 aliphatic heterocycles. The van der Waals surface area contributed by atoms with E-state index in [0.29, 0.717) is 35.2 Å². The molecule has 0 saturated carbocycles. The Labute approximate surface area is 193 Å². The van der Waals surface area contributed by atoms with Gasteiger partial charge in [-0.25, -0.2) is 17.6 Å². The summed E-state index contributed by atoms with van der Waals surface area (Å²) in [6.45, 7) is 4.69. The number of fused-ring (bicyclic) bond motifs is 3. The first kappa shape index (κ1) is 23.5. The molecule has 0 spiro atoms. The minimum absolute atomic E-state index is 0. The first-order valence-corrected chi connectivity index (χ1v) is 11.3. The van der Waals surface area contributed by atoms with Gasteiger partial charge < -0.3 is 10.6 Å². The van der Waals surface area contributed by atoms with Crippen LogP contribution in [0.3, 0.4) is 0 Å². The van der Waals surface area contributed by atoms with Gasteiger partial charge in [0, 0.05) is 51.4 Å². The Balaban J connectivity index is 0.00000216. The normalized spacial score (nSPS) is 21.7. The van der Waals surface area contributed by atoms with Crippen molar-refractivity contribution in [1.82, 2.24) is 0 Å². The average molecular weight is 469 g/mol. The zero-order chi connectivity index (χ0) is 24.1. The minimum atomic E-state index is -2.98. The highest BCUT2D eigenvalue weighted by Gasteiger charge is 2.42. The molecular weight excluding hydrogens is 436 g/mol. The predicted octanol–water partition coefficient (Wildman–Crippen LogP) is 6.31. The van der Waals surface area contributed by atoms with Crippen LogP contribution in [-0.2, 0) is 28.9 Å². The SMILES string of the molecule is CC1CC=CC(C(=O)Nc2cc3c(c4c2CC(F)(F)C4)NC(=O)CC3)=C1CC(F)(F)C(C)C.[HH].[HH]. The molecule has 33 heavy (non-hydrogen) atoms. The summed E-state index contributed by atoms with van der Waals surface area (Å²) in [7, 11) is 0. The van der Waals surface area contributed by atoms with Gasteiger partial charge in [0.2, 0.25) is 5.91 Å². The lowest BCUT2D eigenvalue weighted by Gasteiger charge is -2.28. The van der Waals surface area contributed by atoms with E-state index in [-0.39, 0.29) is 37.9 Å². The number of alkyl halides is 4. The van der Waals surface area contributed by atoms with Gasteiger partial charge in [-0.15, -0.1) is 0 Å². The molecule has 182 valence electrons. The Morgan fingerprint density at radius 2 is 1.97 bits per heavy atom. The molecule has 1 atom stereocenters. The lowest BCUT2D eigenvalue weighted by atomic mass is 9.82. The maximum absolute atomic E-state index is 14.5. The number of rotatable bonds is 5. The summed E-state index contributed by atoms with van der Waals surface area (Å²) in [4.78, 5) is 25.1. The number of hydrogen-bond donors (Lipinski definition) is 2. The van der Waals surface area contributed by atoms with Gasteiger partial charge in [0.25, 0.3) is 17.8 Å². The van der Waals surface area contributed by atoms with Crippen LogP contribution in [0.25, 0.3) is 0 Å². The highest BCUT2D eigenvalue weighted by atomic mass is 19.3. The van der Waals surface area contributed by atoms with Crippen LogP contribution in [-0.4, -0.2) is 23.7 Å². The number of carbonyl (C=O) groups excluding carboxylic acids is 2.